The molecule has 0 unspecified atom stereocenters. The average molecular weight is 209 g/mol. The van der Waals surface area contributed by atoms with Crippen LogP contribution in [0.4, 0.5) is 0 Å². The van der Waals surface area contributed by atoms with E-state index in [-0.39, 0.29) is 0 Å². The Hall–Kier alpha value is -1.42. The van der Waals surface area contributed by atoms with E-state index in [1.54, 1.807) is 18.6 Å². The maximum atomic E-state index is 5.74. The van der Waals surface area contributed by atoms with E-state index >= 15 is 0 Å². The van der Waals surface area contributed by atoms with Crippen molar-refractivity contribution in [1.29, 1.82) is 0 Å². The van der Waals surface area contributed by atoms with E-state index < -0.39 is 0 Å². The average Bonchev–Trinajstić information content (AvgIpc) is 2.67. The van der Waals surface area contributed by atoms with Crippen molar-refractivity contribution < 1.29 is 0 Å². The highest BCUT2D eigenvalue weighted by molar-refractivity contribution is 6.30. The van der Waals surface area contributed by atoms with E-state index in [4.69, 9.17) is 11.6 Å². The molecule has 2 aromatic heterocycles. The monoisotopic (exact) mass is 208 g/mol. The second-order valence-electron chi connectivity index (χ2n) is 2.80. The number of aromatic nitrogens is 4. The Labute approximate surface area is 86.6 Å². The Kier molecular flexibility index (Phi) is 2.45. The lowest BCUT2D eigenvalue weighted by Gasteiger charge is -2.01. The predicted octanol–water partition coefficient (Wildman–Crippen LogP) is 2.01. The Morgan fingerprint density at radius 2 is 2.29 bits per heavy atom. The summed E-state index contributed by atoms with van der Waals surface area (Å²) in [4.78, 5) is 4.17. The maximum absolute atomic E-state index is 5.74. The Morgan fingerprint density at radius 1 is 1.43 bits per heavy atom. The molecule has 2 aromatic rings. The second-order valence-corrected chi connectivity index (χ2v) is 3.24. The van der Waals surface area contributed by atoms with Gasteiger partial charge in [0.2, 0.25) is 0 Å². The van der Waals surface area contributed by atoms with Crippen LogP contribution in [0.1, 0.15) is 6.92 Å². The molecule has 0 saturated heterocycles. The summed E-state index contributed by atoms with van der Waals surface area (Å²) in [6, 6.07) is 3.62. The van der Waals surface area contributed by atoms with Crippen LogP contribution >= 0.6 is 11.6 Å². The number of pyridine rings is 1. The molecule has 0 atom stereocenters. The number of halogens is 1. The molecule has 0 aromatic carbocycles. The van der Waals surface area contributed by atoms with Gasteiger partial charge >= 0.3 is 0 Å². The lowest BCUT2D eigenvalue weighted by Crippen LogP contribution is -1.97. The topological polar surface area (TPSA) is 43.6 Å². The smallest absolute Gasteiger partial charge is 0.182 e. The number of hydrogen-bond donors (Lipinski definition) is 0. The van der Waals surface area contributed by atoms with Crippen LogP contribution in [-0.2, 0) is 6.54 Å². The fourth-order valence-corrected chi connectivity index (χ4v) is 1.30. The van der Waals surface area contributed by atoms with Crippen molar-refractivity contribution in [1.82, 2.24) is 19.7 Å². The summed E-state index contributed by atoms with van der Waals surface area (Å²) in [6.07, 6.45) is 3.29. The largest absolute Gasteiger partial charge is 0.313 e. The normalized spacial score (nSPS) is 10.4. The summed E-state index contributed by atoms with van der Waals surface area (Å²) in [5.74, 6) is 0.768. The van der Waals surface area contributed by atoms with Gasteiger partial charge in [-0.3, -0.25) is 4.98 Å². The molecule has 0 spiro atoms. The first-order chi connectivity index (χ1) is 6.81. The number of aryl methyl sites for hydroxylation is 1. The van der Waals surface area contributed by atoms with E-state index in [1.807, 2.05) is 17.6 Å². The SMILES string of the molecule is CCn1cnnc1-c1ccc(Cl)cn1. The first-order valence-electron chi connectivity index (χ1n) is 4.31. The summed E-state index contributed by atoms with van der Waals surface area (Å²) < 4.78 is 1.93. The second kappa shape index (κ2) is 3.75. The van der Waals surface area contributed by atoms with Crippen LogP contribution in [0.15, 0.2) is 24.7 Å². The van der Waals surface area contributed by atoms with Crippen molar-refractivity contribution in [2.45, 2.75) is 13.5 Å². The molecule has 0 bridgehead atoms. The van der Waals surface area contributed by atoms with Crippen molar-refractivity contribution in [3.8, 4) is 11.5 Å². The molecule has 4 nitrogen and oxygen atoms in total. The molecule has 72 valence electrons. The molecule has 0 aliphatic rings. The molecule has 0 fully saturated rings. The van der Waals surface area contributed by atoms with Crippen LogP contribution in [0.25, 0.3) is 11.5 Å². The molecule has 0 N–H and O–H groups in total. The zero-order chi connectivity index (χ0) is 9.97. The van der Waals surface area contributed by atoms with Gasteiger partial charge in [0.05, 0.1) is 5.02 Å². The van der Waals surface area contributed by atoms with Crippen LogP contribution in [0, 0.1) is 0 Å². The first kappa shape index (κ1) is 9.15. The fourth-order valence-electron chi connectivity index (χ4n) is 1.19. The van der Waals surface area contributed by atoms with Crippen LogP contribution in [0.3, 0.4) is 0 Å². The molecular weight excluding hydrogens is 200 g/mol. The van der Waals surface area contributed by atoms with E-state index in [9.17, 15) is 0 Å². The van der Waals surface area contributed by atoms with Gasteiger partial charge < -0.3 is 4.57 Å². The molecule has 0 radical (unpaired) electrons. The highest BCUT2D eigenvalue weighted by Gasteiger charge is 2.06. The van der Waals surface area contributed by atoms with Gasteiger partial charge in [-0.25, -0.2) is 0 Å². The van der Waals surface area contributed by atoms with Crippen LogP contribution in [-0.4, -0.2) is 19.7 Å². The van der Waals surface area contributed by atoms with Gasteiger partial charge in [0, 0.05) is 12.7 Å². The summed E-state index contributed by atoms with van der Waals surface area (Å²) in [6.45, 7) is 2.86. The lowest BCUT2D eigenvalue weighted by atomic mass is 10.3. The van der Waals surface area contributed by atoms with E-state index in [1.165, 1.54) is 0 Å². The van der Waals surface area contributed by atoms with Gasteiger partial charge in [-0.15, -0.1) is 10.2 Å². The van der Waals surface area contributed by atoms with Crippen LogP contribution in [0.5, 0.6) is 0 Å². The predicted molar refractivity (Wildman–Crippen MR) is 53.9 cm³/mol. The van der Waals surface area contributed by atoms with E-state index in [0.717, 1.165) is 18.1 Å². The molecule has 0 amide bonds. The Balaban J connectivity index is 2.44. The van der Waals surface area contributed by atoms with Gasteiger partial charge in [-0.05, 0) is 19.1 Å². The van der Waals surface area contributed by atoms with Gasteiger partial charge in [0.1, 0.15) is 12.0 Å². The van der Waals surface area contributed by atoms with Crippen molar-refractivity contribution in [2.24, 2.45) is 0 Å². The van der Waals surface area contributed by atoms with Crippen molar-refractivity contribution >= 4 is 11.6 Å². The Bertz CT molecular complexity index is 421. The first-order valence-corrected chi connectivity index (χ1v) is 4.69. The third kappa shape index (κ3) is 1.61. The number of hydrogen-bond acceptors (Lipinski definition) is 3. The molecule has 0 aliphatic heterocycles. The minimum Gasteiger partial charge on any atom is -0.313 e. The zero-order valence-corrected chi connectivity index (χ0v) is 8.44. The summed E-state index contributed by atoms with van der Waals surface area (Å²) in [5, 5.41) is 8.45. The zero-order valence-electron chi connectivity index (χ0n) is 7.68. The Morgan fingerprint density at radius 3 is 2.93 bits per heavy atom. The summed E-state index contributed by atoms with van der Waals surface area (Å²) in [5.41, 5.74) is 0.786. The minimum absolute atomic E-state index is 0.622. The van der Waals surface area contributed by atoms with Gasteiger partial charge in [0.25, 0.3) is 0 Å². The van der Waals surface area contributed by atoms with Gasteiger partial charge in [-0.2, -0.15) is 0 Å². The highest BCUT2D eigenvalue weighted by Crippen LogP contribution is 2.15. The molecule has 0 saturated carbocycles. The minimum atomic E-state index is 0.622. The standard InChI is InChI=1S/C9H9ClN4/c1-2-14-6-12-13-9(14)8-4-3-7(10)5-11-8/h3-6H,2H2,1H3. The van der Waals surface area contributed by atoms with Gasteiger partial charge in [0.15, 0.2) is 5.82 Å². The molecule has 2 heterocycles. The summed E-state index contributed by atoms with van der Waals surface area (Å²) >= 11 is 5.74. The molecule has 0 aliphatic carbocycles. The maximum Gasteiger partial charge on any atom is 0.182 e. The third-order valence-corrected chi connectivity index (χ3v) is 2.14. The molecule has 2 rings (SSSR count). The van der Waals surface area contributed by atoms with Crippen molar-refractivity contribution in [3.05, 3.63) is 29.7 Å². The van der Waals surface area contributed by atoms with Crippen molar-refractivity contribution in [2.75, 3.05) is 0 Å². The van der Waals surface area contributed by atoms with E-state index in [0.29, 0.717) is 5.02 Å². The quantitative estimate of drug-likeness (QED) is 0.759. The number of rotatable bonds is 2. The highest BCUT2D eigenvalue weighted by atomic mass is 35.5. The summed E-state index contributed by atoms with van der Waals surface area (Å²) in [7, 11) is 0. The van der Waals surface area contributed by atoms with Crippen molar-refractivity contribution in [3.63, 3.8) is 0 Å². The van der Waals surface area contributed by atoms with Crippen LogP contribution < -0.4 is 0 Å². The fraction of sp³-hybridized carbons (Fsp3) is 0.222. The lowest BCUT2D eigenvalue weighted by molar-refractivity contribution is 0.764. The number of nitrogens with zero attached hydrogens (tertiary/aromatic N) is 4. The van der Waals surface area contributed by atoms with Gasteiger partial charge in [-0.1, -0.05) is 11.6 Å². The molecule has 5 heteroatoms. The third-order valence-electron chi connectivity index (χ3n) is 1.91. The molecular formula is C9H9ClN4. The van der Waals surface area contributed by atoms with E-state index in [2.05, 4.69) is 15.2 Å². The molecule has 14 heavy (non-hydrogen) atoms. The van der Waals surface area contributed by atoms with Crippen LogP contribution in [0.2, 0.25) is 5.02 Å².